The first-order chi connectivity index (χ1) is 27.4. The van der Waals surface area contributed by atoms with Crippen LogP contribution < -0.4 is 0 Å². The quantitative estimate of drug-likeness (QED) is 0.155. The molecule has 7 aromatic carbocycles. The van der Waals surface area contributed by atoms with Crippen LogP contribution in [0.3, 0.4) is 0 Å². The van der Waals surface area contributed by atoms with Gasteiger partial charge >= 0.3 is 133 Å². The number of fused-ring (bicyclic) bond motifs is 4. The Morgan fingerprint density at radius 3 is 1.84 bits per heavy atom. The smallest absolute Gasteiger partial charge is 0.109 e. The third-order valence-electron chi connectivity index (χ3n) is 10.6. The molecule has 2 heteroatoms. The van der Waals surface area contributed by atoms with Gasteiger partial charge in [0.1, 0.15) is 0 Å². The van der Waals surface area contributed by atoms with E-state index >= 15 is 0 Å². The van der Waals surface area contributed by atoms with Crippen molar-refractivity contribution in [2.45, 2.75) is 65.2 Å². The van der Waals surface area contributed by atoms with Gasteiger partial charge in [-0.05, 0) is 39.5 Å². The minimum atomic E-state index is 0.0380. The molecule has 0 saturated carbocycles. The molecule has 57 heavy (non-hydrogen) atoms. The van der Waals surface area contributed by atoms with E-state index in [1.807, 2.05) is 24.3 Å². The van der Waals surface area contributed by atoms with Crippen molar-refractivity contribution in [1.29, 1.82) is 0 Å². The summed E-state index contributed by atoms with van der Waals surface area (Å²) in [6.07, 6.45) is 10.9. The average molecular weight is 837 g/mol. The molecule has 0 saturated heterocycles. The molecule has 0 spiro atoms. The zero-order valence-electron chi connectivity index (χ0n) is 33.9. The van der Waals surface area contributed by atoms with E-state index in [4.69, 9.17) is 11.6 Å². The van der Waals surface area contributed by atoms with Crippen LogP contribution in [0, 0.1) is 12.1 Å². The first-order valence-corrected chi connectivity index (χ1v) is 21.4. The summed E-state index contributed by atoms with van der Waals surface area (Å²) in [5, 5.41) is 3.38. The summed E-state index contributed by atoms with van der Waals surface area (Å²) in [5.74, 6) is 0. The molecule has 0 heterocycles. The van der Waals surface area contributed by atoms with E-state index in [0.29, 0.717) is 0 Å². The van der Waals surface area contributed by atoms with Crippen molar-refractivity contribution in [3.63, 3.8) is 0 Å². The van der Waals surface area contributed by atoms with Gasteiger partial charge in [0.2, 0.25) is 0 Å². The van der Waals surface area contributed by atoms with Crippen molar-refractivity contribution in [3.05, 3.63) is 214 Å². The monoisotopic (exact) mass is 834 g/mol. The molecule has 0 atom stereocenters. The Hall–Kier alpha value is -4.68. The van der Waals surface area contributed by atoms with Gasteiger partial charge in [0.05, 0.1) is 0 Å². The second kappa shape index (κ2) is 17.4. The van der Waals surface area contributed by atoms with Crippen molar-refractivity contribution >= 4 is 25.6 Å². The largest absolute Gasteiger partial charge is 0.273 e. The molecule has 0 aliphatic heterocycles. The summed E-state index contributed by atoms with van der Waals surface area (Å²) < 4.78 is 1.36. The van der Waals surface area contributed by atoms with E-state index in [9.17, 15) is 0 Å². The van der Waals surface area contributed by atoms with Crippen LogP contribution in [0.5, 0.6) is 0 Å². The molecular formula is C55H49ClZr. The maximum atomic E-state index is 5.96. The Morgan fingerprint density at radius 1 is 0.614 bits per heavy atom. The molecule has 2 aliphatic carbocycles. The number of allylic oxidation sites excluding steroid dienone is 4. The van der Waals surface area contributed by atoms with E-state index in [1.54, 1.807) is 0 Å². The minimum absolute atomic E-state index is 0.0380. The Bertz CT molecular complexity index is 2460. The van der Waals surface area contributed by atoms with Crippen LogP contribution in [0.1, 0.15) is 81.3 Å². The molecule has 2 aliphatic rings. The fourth-order valence-electron chi connectivity index (χ4n) is 7.66. The Labute approximate surface area is 360 Å². The van der Waals surface area contributed by atoms with Crippen LogP contribution in [-0.4, -0.2) is 3.21 Å². The second-order valence-corrected chi connectivity index (χ2v) is 18.5. The summed E-state index contributed by atoms with van der Waals surface area (Å²) in [6.45, 7) is 13.9. The predicted molar refractivity (Wildman–Crippen MR) is 242 cm³/mol. The number of hydrogen-bond acceptors (Lipinski definition) is 0. The molecule has 0 bridgehead atoms. The maximum Gasteiger partial charge on any atom is -0.109 e. The fourth-order valence-corrected chi connectivity index (χ4v) is 8.73. The SMILES string of the molecule is CC(C)(C)c1cc2c([c-]c1-c1ccccc1)Cc1cc(-c3ccccc3)c(C(C)(C)C)cc1-2.Clc1ccc([C](=[Zr+2])c2cccc3ccccc23)cc1.[C-]1=CC=CC1. The third-order valence-corrected chi connectivity index (χ3v) is 12.2. The molecule has 9 rings (SSSR count). The number of rotatable bonds is 4. The average Bonchev–Trinajstić information content (AvgIpc) is 3.92. The van der Waals surface area contributed by atoms with Crippen molar-refractivity contribution in [3.8, 4) is 33.4 Å². The summed E-state index contributed by atoms with van der Waals surface area (Å²) in [5.41, 5.74) is 16.1. The molecule has 0 N–H and O–H groups in total. The van der Waals surface area contributed by atoms with Crippen LogP contribution in [0.2, 0.25) is 5.02 Å². The van der Waals surface area contributed by atoms with E-state index in [-0.39, 0.29) is 10.8 Å². The molecule has 0 fully saturated rings. The van der Waals surface area contributed by atoms with E-state index in [1.165, 1.54) is 105 Å². The van der Waals surface area contributed by atoms with Crippen LogP contribution in [0.25, 0.3) is 44.2 Å². The van der Waals surface area contributed by atoms with Gasteiger partial charge in [0, 0.05) is 0 Å². The summed E-state index contributed by atoms with van der Waals surface area (Å²) in [6, 6.07) is 55.9. The number of hydrogen-bond donors (Lipinski definition) is 0. The zero-order valence-corrected chi connectivity index (χ0v) is 37.1. The molecule has 0 amide bonds. The van der Waals surface area contributed by atoms with E-state index < -0.39 is 0 Å². The zero-order chi connectivity index (χ0) is 40.2. The molecule has 0 unspecified atom stereocenters. The maximum absolute atomic E-state index is 5.96. The standard InChI is InChI=1S/C33H33.C17H11Cl.C5H5.Zr/c1-32(2,3)30-20-26-24(18-28(30)22-13-9-7-10-14-22)17-25-19-29(23-15-11-8-12-16-23)31(21-27(25)26)33(4,5)6;18-16-10-8-13(9-11-16)12-15-6-3-5-14-4-1-2-7-17(14)15;1-2-4-5-3-1;/h7-16,18,20-21H,17H2,1-6H3;1-11H;1-3H,4H2;/q-1;;-1;+2. The number of halogens is 1. The number of benzene rings is 7. The molecule has 280 valence electrons. The summed E-state index contributed by atoms with van der Waals surface area (Å²) in [7, 11) is 0. The van der Waals surface area contributed by atoms with Crippen LogP contribution in [-0.2, 0) is 41.5 Å². The predicted octanol–water partition coefficient (Wildman–Crippen LogP) is 14.9. The molecule has 0 radical (unpaired) electrons. The Morgan fingerprint density at radius 2 is 1.23 bits per heavy atom. The topological polar surface area (TPSA) is 0 Å². The third kappa shape index (κ3) is 9.39. The van der Waals surface area contributed by atoms with Crippen molar-refractivity contribution < 1.29 is 24.2 Å². The van der Waals surface area contributed by atoms with Crippen LogP contribution in [0.15, 0.2) is 164 Å². The van der Waals surface area contributed by atoms with Crippen molar-refractivity contribution in [1.82, 2.24) is 0 Å². The first-order valence-electron chi connectivity index (χ1n) is 19.8. The summed E-state index contributed by atoms with van der Waals surface area (Å²) in [4.78, 5) is 0. The van der Waals surface area contributed by atoms with Crippen LogP contribution in [0.4, 0.5) is 0 Å². The van der Waals surface area contributed by atoms with E-state index in [2.05, 4.69) is 193 Å². The fraction of sp³-hybridized carbons (Fsp3) is 0.182. The first kappa shape index (κ1) is 40.5. The molecule has 0 aromatic heterocycles. The minimum Gasteiger partial charge on any atom is -0.273 e. The van der Waals surface area contributed by atoms with E-state index in [0.717, 1.165) is 17.9 Å². The van der Waals surface area contributed by atoms with Crippen molar-refractivity contribution in [2.24, 2.45) is 0 Å². The van der Waals surface area contributed by atoms with Crippen molar-refractivity contribution in [2.75, 3.05) is 0 Å². The second-order valence-electron chi connectivity index (χ2n) is 16.8. The Kier molecular flexibility index (Phi) is 12.4. The van der Waals surface area contributed by atoms with Gasteiger partial charge in [-0.15, -0.1) is 35.2 Å². The van der Waals surface area contributed by atoms with Gasteiger partial charge in [-0.3, -0.25) is 6.08 Å². The normalized spacial score (nSPS) is 12.6. The van der Waals surface area contributed by atoms with Gasteiger partial charge in [-0.25, -0.2) is 12.2 Å². The summed E-state index contributed by atoms with van der Waals surface area (Å²) >= 11 is 7.37. The van der Waals surface area contributed by atoms with Gasteiger partial charge < -0.3 is 0 Å². The Balaban J connectivity index is 0.000000172. The molecule has 0 nitrogen and oxygen atoms in total. The molecular weight excluding hydrogens is 787 g/mol. The van der Waals surface area contributed by atoms with Gasteiger partial charge in [0.15, 0.2) is 0 Å². The molecule has 7 aromatic rings. The van der Waals surface area contributed by atoms with Gasteiger partial charge in [-0.2, -0.15) is 6.08 Å². The van der Waals surface area contributed by atoms with Crippen LogP contribution >= 0.6 is 11.6 Å². The van der Waals surface area contributed by atoms with Gasteiger partial charge in [-0.1, -0.05) is 131 Å². The van der Waals surface area contributed by atoms with Gasteiger partial charge in [0.25, 0.3) is 0 Å².